The van der Waals surface area contributed by atoms with Crippen molar-refractivity contribution >= 4 is 23.6 Å². The van der Waals surface area contributed by atoms with Gasteiger partial charge in [-0.25, -0.2) is 0 Å². The molecule has 126 valence electrons. The van der Waals surface area contributed by atoms with Crippen LogP contribution in [-0.2, 0) is 16.0 Å². The molecule has 23 heavy (non-hydrogen) atoms. The Morgan fingerprint density at radius 3 is 2.39 bits per heavy atom. The number of carbonyl (C=O) groups excluding carboxylic acids is 2. The normalized spacial score (nSPS) is 15.4. The lowest BCUT2D eigenvalue weighted by Gasteiger charge is -2.19. The maximum Gasteiger partial charge on any atom is 0.230 e. The van der Waals surface area contributed by atoms with E-state index in [9.17, 15) is 9.59 Å². The molecule has 2 amide bonds. The van der Waals surface area contributed by atoms with Crippen LogP contribution in [0.2, 0.25) is 0 Å². The van der Waals surface area contributed by atoms with Gasteiger partial charge in [0.1, 0.15) is 0 Å². The number of carbonyl (C=O) groups is 2. The van der Waals surface area contributed by atoms with Crippen LogP contribution < -0.4 is 11.1 Å². The Bertz CT molecular complexity index is 538. The lowest BCUT2D eigenvalue weighted by Crippen LogP contribution is -2.31. The van der Waals surface area contributed by atoms with Crippen LogP contribution in [0.5, 0.6) is 0 Å². The van der Waals surface area contributed by atoms with Gasteiger partial charge < -0.3 is 11.1 Å². The molecule has 0 saturated heterocycles. The molecule has 3 N–H and O–H groups in total. The van der Waals surface area contributed by atoms with Crippen molar-refractivity contribution in [3.8, 4) is 0 Å². The first kappa shape index (κ1) is 17.9. The third-order valence-electron chi connectivity index (χ3n) is 3.87. The molecule has 1 aliphatic carbocycles. The fourth-order valence-electron chi connectivity index (χ4n) is 2.69. The Labute approximate surface area is 142 Å². The molecule has 1 saturated carbocycles. The van der Waals surface area contributed by atoms with E-state index in [1.807, 2.05) is 0 Å². The van der Waals surface area contributed by atoms with Crippen LogP contribution in [0.15, 0.2) is 24.3 Å². The molecule has 0 unspecified atom stereocenters. The number of amides is 2. The van der Waals surface area contributed by atoms with Crippen molar-refractivity contribution in [2.75, 3.05) is 11.5 Å². The molecule has 1 aromatic rings. The summed E-state index contributed by atoms with van der Waals surface area (Å²) in [5.41, 5.74) is 7.60. The monoisotopic (exact) mass is 334 g/mol. The highest BCUT2D eigenvalue weighted by atomic mass is 32.2. The lowest BCUT2D eigenvalue weighted by molar-refractivity contribution is -0.119. The highest BCUT2D eigenvalue weighted by molar-refractivity contribution is 8.00. The summed E-state index contributed by atoms with van der Waals surface area (Å²) in [6.45, 7) is 4.43. The van der Waals surface area contributed by atoms with Crippen LogP contribution in [0.3, 0.4) is 0 Å². The fraction of sp³-hybridized carbons (Fsp3) is 0.556. The summed E-state index contributed by atoms with van der Waals surface area (Å²) < 4.78 is 0. The summed E-state index contributed by atoms with van der Waals surface area (Å²) in [6.07, 6.45) is 3.39. The Morgan fingerprint density at radius 2 is 1.87 bits per heavy atom. The van der Waals surface area contributed by atoms with Crippen LogP contribution in [0.4, 0.5) is 0 Å². The van der Waals surface area contributed by atoms with Crippen molar-refractivity contribution in [3.63, 3.8) is 0 Å². The zero-order valence-electron chi connectivity index (χ0n) is 13.9. The van der Waals surface area contributed by atoms with Crippen molar-refractivity contribution in [1.29, 1.82) is 0 Å². The standard InChI is InChI=1S/C18H26N2O2S/c1-12(2)9-13-3-5-14(6-4-13)18(15-7-8-15)20-17(22)11-23-10-16(19)21/h3-6,12,15,18H,7-11H2,1-2H3,(H2,19,21)(H,20,22)/t18-/m1/s1. The molecule has 2 rings (SSSR count). The predicted molar refractivity (Wildman–Crippen MR) is 95.1 cm³/mol. The highest BCUT2D eigenvalue weighted by Gasteiger charge is 2.33. The number of nitrogens with two attached hydrogens (primary N) is 1. The molecule has 1 fully saturated rings. The molecular formula is C18H26N2O2S. The van der Waals surface area contributed by atoms with Gasteiger partial charge in [0.25, 0.3) is 0 Å². The second-order valence-electron chi connectivity index (χ2n) is 6.68. The highest BCUT2D eigenvalue weighted by Crippen LogP contribution is 2.41. The average Bonchev–Trinajstić information content (AvgIpc) is 3.29. The molecule has 0 radical (unpaired) electrons. The van der Waals surface area contributed by atoms with E-state index in [2.05, 4.69) is 43.4 Å². The fourth-order valence-corrected chi connectivity index (χ4v) is 3.27. The van der Waals surface area contributed by atoms with Crippen LogP contribution in [0.1, 0.15) is 43.9 Å². The van der Waals surface area contributed by atoms with Gasteiger partial charge in [-0.15, -0.1) is 11.8 Å². The minimum absolute atomic E-state index is 0.0283. The maximum atomic E-state index is 12.1. The van der Waals surface area contributed by atoms with E-state index in [4.69, 9.17) is 5.73 Å². The van der Waals surface area contributed by atoms with E-state index in [-0.39, 0.29) is 29.4 Å². The van der Waals surface area contributed by atoms with Gasteiger partial charge in [0.2, 0.25) is 11.8 Å². The molecule has 1 atom stereocenters. The van der Waals surface area contributed by atoms with Gasteiger partial charge in [-0.3, -0.25) is 9.59 Å². The number of hydrogen-bond donors (Lipinski definition) is 2. The van der Waals surface area contributed by atoms with Gasteiger partial charge >= 0.3 is 0 Å². The molecule has 1 aliphatic rings. The molecular weight excluding hydrogens is 308 g/mol. The van der Waals surface area contributed by atoms with Crippen LogP contribution in [-0.4, -0.2) is 23.3 Å². The quantitative estimate of drug-likeness (QED) is 0.729. The first-order chi connectivity index (χ1) is 11.0. The van der Waals surface area contributed by atoms with Crippen molar-refractivity contribution in [2.45, 2.75) is 39.2 Å². The molecule has 5 heteroatoms. The molecule has 1 aromatic carbocycles. The summed E-state index contributed by atoms with van der Waals surface area (Å²) in [7, 11) is 0. The number of benzene rings is 1. The Morgan fingerprint density at radius 1 is 1.22 bits per heavy atom. The minimum Gasteiger partial charge on any atom is -0.369 e. The number of thioether (sulfide) groups is 1. The zero-order valence-corrected chi connectivity index (χ0v) is 14.7. The maximum absolute atomic E-state index is 12.1. The van der Waals surface area contributed by atoms with Crippen molar-refractivity contribution in [2.24, 2.45) is 17.6 Å². The van der Waals surface area contributed by atoms with E-state index in [1.54, 1.807) is 0 Å². The molecule has 0 spiro atoms. The predicted octanol–water partition coefficient (Wildman–Crippen LogP) is 2.67. The van der Waals surface area contributed by atoms with Gasteiger partial charge in [-0.05, 0) is 42.2 Å². The van der Waals surface area contributed by atoms with E-state index in [0.717, 1.165) is 19.3 Å². The van der Waals surface area contributed by atoms with Crippen LogP contribution in [0, 0.1) is 11.8 Å². The number of nitrogens with one attached hydrogen (secondary N) is 1. The second-order valence-corrected chi connectivity index (χ2v) is 7.67. The first-order valence-corrected chi connectivity index (χ1v) is 9.35. The average molecular weight is 334 g/mol. The van der Waals surface area contributed by atoms with Crippen LogP contribution in [0.25, 0.3) is 0 Å². The van der Waals surface area contributed by atoms with Crippen molar-refractivity contribution < 1.29 is 9.59 Å². The summed E-state index contributed by atoms with van der Waals surface area (Å²) >= 11 is 1.26. The Kier molecular flexibility index (Phi) is 6.51. The first-order valence-electron chi connectivity index (χ1n) is 8.20. The Balaban J connectivity index is 1.93. The second kappa shape index (κ2) is 8.39. The van der Waals surface area contributed by atoms with Gasteiger partial charge in [0.15, 0.2) is 0 Å². The molecule has 0 aromatic heterocycles. The largest absolute Gasteiger partial charge is 0.369 e. The molecule has 0 aliphatic heterocycles. The third-order valence-corrected chi connectivity index (χ3v) is 4.83. The van der Waals surface area contributed by atoms with E-state index in [0.29, 0.717) is 11.8 Å². The Hall–Kier alpha value is -1.49. The summed E-state index contributed by atoms with van der Waals surface area (Å²) in [6, 6.07) is 8.69. The summed E-state index contributed by atoms with van der Waals surface area (Å²) in [5, 5.41) is 3.12. The van der Waals surface area contributed by atoms with Crippen molar-refractivity contribution in [1.82, 2.24) is 5.32 Å². The topological polar surface area (TPSA) is 72.2 Å². The van der Waals surface area contributed by atoms with E-state index < -0.39 is 0 Å². The van der Waals surface area contributed by atoms with Gasteiger partial charge in [-0.1, -0.05) is 38.1 Å². The number of rotatable bonds is 9. The van der Waals surface area contributed by atoms with Crippen molar-refractivity contribution in [3.05, 3.63) is 35.4 Å². The molecule has 0 heterocycles. The summed E-state index contributed by atoms with van der Waals surface area (Å²) in [5.74, 6) is 1.23. The molecule has 0 bridgehead atoms. The SMILES string of the molecule is CC(C)Cc1ccc([C@@H](NC(=O)CSCC(N)=O)C2CC2)cc1. The molecule has 4 nitrogen and oxygen atoms in total. The van der Waals surface area contributed by atoms with Gasteiger partial charge in [0.05, 0.1) is 17.5 Å². The lowest BCUT2D eigenvalue weighted by atomic mass is 9.97. The van der Waals surface area contributed by atoms with E-state index in [1.165, 1.54) is 22.9 Å². The van der Waals surface area contributed by atoms with Crippen LogP contribution >= 0.6 is 11.8 Å². The number of hydrogen-bond acceptors (Lipinski definition) is 3. The zero-order chi connectivity index (χ0) is 16.8. The number of primary amides is 1. The van der Waals surface area contributed by atoms with E-state index >= 15 is 0 Å². The van der Waals surface area contributed by atoms with Gasteiger partial charge in [0, 0.05) is 0 Å². The third kappa shape index (κ3) is 6.26. The smallest absolute Gasteiger partial charge is 0.230 e. The minimum atomic E-state index is -0.387. The summed E-state index contributed by atoms with van der Waals surface area (Å²) in [4.78, 5) is 22.8. The van der Waals surface area contributed by atoms with Gasteiger partial charge in [-0.2, -0.15) is 0 Å².